The summed E-state index contributed by atoms with van der Waals surface area (Å²) in [7, 11) is 0. The van der Waals surface area contributed by atoms with Crippen LogP contribution in [0.3, 0.4) is 0 Å². The molecule has 2 aliphatic rings. The second kappa shape index (κ2) is 0.699. The Hall–Kier alpha value is -0.260. The Morgan fingerprint density at radius 1 is 1.67 bits per heavy atom. The van der Waals surface area contributed by atoms with Gasteiger partial charge in [0, 0.05) is 0 Å². The molecule has 0 bridgehead atoms. The first-order valence-electron chi connectivity index (χ1n) is 2.66. The lowest BCUT2D eigenvalue weighted by Gasteiger charge is -1.77. The predicted octanol–water partition coefficient (Wildman–Crippen LogP) is 1.73. The number of rotatable bonds is 0. The molecule has 0 heterocycles. The summed E-state index contributed by atoms with van der Waals surface area (Å²) in [4.78, 5) is 0. The number of hydrogen-bond donors (Lipinski definition) is 0. The van der Waals surface area contributed by atoms with Gasteiger partial charge in [-0.1, -0.05) is 11.6 Å². The van der Waals surface area contributed by atoms with Gasteiger partial charge in [-0.2, -0.15) is 0 Å². The molecule has 1 fully saturated rings. The van der Waals surface area contributed by atoms with Crippen molar-refractivity contribution in [3.8, 4) is 0 Å². The predicted molar refractivity (Wildman–Crippen MR) is 25.4 cm³/mol. The minimum Gasteiger partial charge on any atom is -0.0850 e. The zero-order valence-corrected chi connectivity index (χ0v) is 3.78. The first-order chi connectivity index (χ1) is 2.97. The first-order valence-corrected chi connectivity index (χ1v) is 2.66. The van der Waals surface area contributed by atoms with Gasteiger partial charge >= 0.3 is 0 Å². The van der Waals surface area contributed by atoms with Gasteiger partial charge in [-0.05, 0) is 25.2 Å². The van der Waals surface area contributed by atoms with E-state index in [1.807, 2.05) is 0 Å². The highest BCUT2D eigenvalue weighted by Gasteiger charge is 2.31. The molecule has 0 saturated heterocycles. The molecule has 2 rings (SSSR count). The van der Waals surface area contributed by atoms with Crippen molar-refractivity contribution in [3.63, 3.8) is 0 Å². The lowest BCUT2D eigenvalue weighted by molar-refractivity contribution is 0.792. The van der Waals surface area contributed by atoms with E-state index >= 15 is 0 Å². The highest BCUT2D eigenvalue weighted by atomic mass is 14.4. The van der Waals surface area contributed by atoms with Crippen LogP contribution in [0.25, 0.3) is 0 Å². The lowest BCUT2D eigenvalue weighted by atomic mass is 10.3. The summed E-state index contributed by atoms with van der Waals surface area (Å²) < 4.78 is 0. The molecule has 6 heavy (non-hydrogen) atoms. The molecule has 1 saturated carbocycles. The van der Waals surface area contributed by atoms with Crippen LogP contribution in [0.15, 0.2) is 11.6 Å². The SMILES string of the molecule is C1=C2C[C@@H]2CC1. The fraction of sp³-hybridized carbons (Fsp3) is 0.667. The normalized spacial score (nSPS) is 38.7. The highest BCUT2D eigenvalue weighted by Crippen LogP contribution is 2.46. The topological polar surface area (TPSA) is 0 Å². The van der Waals surface area contributed by atoms with Crippen molar-refractivity contribution in [3.05, 3.63) is 11.6 Å². The van der Waals surface area contributed by atoms with E-state index in [9.17, 15) is 0 Å². The smallest absolute Gasteiger partial charge is 0.0163 e. The standard InChI is InChI=1S/C6H8/c1-2-5-4-6(5)3-1/h2,6H,1,3-4H2/t6-/m0/s1. The molecule has 0 N–H and O–H groups in total. The summed E-state index contributed by atoms with van der Waals surface area (Å²) in [5.41, 5.74) is 1.75. The van der Waals surface area contributed by atoms with Crippen molar-refractivity contribution < 1.29 is 0 Å². The summed E-state index contributed by atoms with van der Waals surface area (Å²) in [6.07, 6.45) is 6.68. The molecule has 0 aromatic heterocycles. The Labute approximate surface area is 37.9 Å². The lowest BCUT2D eigenvalue weighted by Crippen LogP contribution is -1.63. The molecule has 32 valence electrons. The molecule has 0 spiro atoms. The molecule has 0 aromatic rings. The summed E-state index contributed by atoms with van der Waals surface area (Å²) in [6, 6.07) is 0. The zero-order valence-electron chi connectivity index (χ0n) is 3.78. The number of fused-ring (bicyclic) bond motifs is 1. The van der Waals surface area contributed by atoms with Gasteiger partial charge in [-0.15, -0.1) is 0 Å². The summed E-state index contributed by atoms with van der Waals surface area (Å²) in [5.74, 6) is 1.07. The van der Waals surface area contributed by atoms with Crippen LogP contribution in [0.4, 0.5) is 0 Å². The van der Waals surface area contributed by atoms with Crippen LogP contribution >= 0.6 is 0 Å². The Morgan fingerprint density at radius 3 is 2.83 bits per heavy atom. The van der Waals surface area contributed by atoms with Crippen LogP contribution < -0.4 is 0 Å². The molecule has 0 unspecified atom stereocenters. The van der Waals surface area contributed by atoms with Crippen molar-refractivity contribution in [2.24, 2.45) is 5.92 Å². The molecular formula is C6H8. The van der Waals surface area contributed by atoms with Crippen molar-refractivity contribution >= 4 is 0 Å². The van der Waals surface area contributed by atoms with E-state index in [1.54, 1.807) is 5.57 Å². The largest absolute Gasteiger partial charge is 0.0850 e. The monoisotopic (exact) mass is 80.1 g/mol. The van der Waals surface area contributed by atoms with Crippen LogP contribution in [-0.2, 0) is 0 Å². The van der Waals surface area contributed by atoms with Crippen LogP contribution in [-0.4, -0.2) is 0 Å². The van der Waals surface area contributed by atoms with E-state index in [2.05, 4.69) is 6.08 Å². The van der Waals surface area contributed by atoms with Crippen LogP contribution in [0.2, 0.25) is 0 Å². The first kappa shape index (κ1) is 2.84. The van der Waals surface area contributed by atoms with Gasteiger partial charge in [-0.3, -0.25) is 0 Å². The molecule has 0 nitrogen and oxygen atoms in total. The fourth-order valence-corrected chi connectivity index (χ4v) is 1.23. The average Bonchev–Trinajstić information content (AvgIpc) is 2.17. The van der Waals surface area contributed by atoms with E-state index in [0.29, 0.717) is 0 Å². The van der Waals surface area contributed by atoms with Crippen LogP contribution in [0.1, 0.15) is 19.3 Å². The van der Waals surface area contributed by atoms with Crippen molar-refractivity contribution in [2.45, 2.75) is 19.3 Å². The van der Waals surface area contributed by atoms with E-state index < -0.39 is 0 Å². The number of allylic oxidation sites excluding steroid dienone is 2. The minimum atomic E-state index is 1.07. The molecule has 0 heteroatoms. The Kier molecular flexibility index (Phi) is 0.331. The molecular weight excluding hydrogens is 72.1 g/mol. The molecule has 0 aliphatic heterocycles. The summed E-state index contributed by atoms with van der Waals surface area (Å²) in [5, 5.41) is 0. The van der Waals surface area contributed by atoms with Gasteiger partial charge in [0.2, 0.25) is 0 Å². The average molecular weight is 80.1 g/mol. The van der Waals surface area contributed by atoms with Crippen molar-refractivity contribution in [1.82, 2.24) is 0 Å². The van der Waals surface area contributed by atoms with Crippen LogP contribution in [0.5, 0.6) is 0 Å². The fourth-order valence-electron chi connectivity index (χ4n) is 1.23. The van der Waals surface area contributed by atoms with E-state index in [4.69, 9.17) is 0 Å². The summed E-state index contributed by atoms with van der Waals surface area (Å²) >= 11 is 0. The molecule has 0 amide bonds. The van der Waals surface area contributed by atoms with Gasteiger partial charge in [0.25, 0.3) is 0 Å². The van der Waals surface area contributed by atoms with Crippen molar-refractivity contribution in [2.75, 3.05) is 0 Å². The van der Waals surface area contributed by atoms with E-state index in [-0.39, 0.29) is 0 Å². The Bertz CT molecular complexity index is 101. The molecule has 0 radical (unpaired) electrons. The van der Waals surface area contributed by atoms with E-state index in [1.165, 1.54) is 19.3 Å². The van der Waals surface area contributed by atoms with Crippen LogP contribution in [0, 0.1) is 5.92 Å². The third kappa shape index (κ3) is 0.204. The Balaban J connectivity index is 2.35. The van der Waals surface area contributed by atoms with Gasteiger partial charge in [-0.25, -0.2) is 0 Å². The maximum Gasteiger partial charge on any atom is -0.0163 e. The molecule has 0 aromatic carbocycles. The van der Waals surface area contributed by atoms with Crippen molar-refractivity contribution in [1.29, 1.82) is 0 Å². The maximum atomic E-state index is 2.39. The number of hydrogen-bond acceptors (Lipinski definition) is 0. The highest BCUT2D eigenvalue weighted by molar-refractivity contribution is 5.27. The van der Waals surface area contributed by atoms with Gasteiger partial charge in [0.05, 0.1) is 0 Å². The molecule has 2 aliphatic carbocycles. The summed E-state index contributed by atoms with van der Waals surface area (Å²) in [6.45, 7) is 0. The quantitative estimate of drug-likeness (QED) is 0.389. The van der Waals surface area contributed by atoms with Gasteiger partial charge in [0.1, 0.15) is 0 Å². The van der Waals surface area contributed by atoms with Gasteiger partial charge < -0.3 is 0 Å². The third-order valence-corrected chi connectivity index (χ3v) is 1.77. The second-order valence-electron chi connectivity index (χ2n) is 2.26. The third-order valence-electron chi connectivity index (χ3n) is 1.77. The minimum absolute atomic E-state index is 1.07. The Morgan fingerprint density at radius 2 is 2.67 bits per heavy atom. The zero-order chi connectivity index (χ0) is 3.98. The van der Waals surface area contributed by atoms with Gasteiger partial charge in [0.15, 0.2) is 0 Å². The van der Waals surface area contributed by atoms with E-state index in [0.717, 1.165) is 5.92 Å². The maximum absolute atomic E-state index is 2.39. The molecule has 1 atom stereocenters. The second-order valence-corrected chi connectivity index (χ2v) is 2.26.